The minimum absolute atomic E-state index is 0.243. The van der Waals surface area contributed by atoms with Gasteiger partial charge in [-0.05, 0) is 19.1 Å². The van der Waals surface area contributed by atoms with Gasteiger partial charge in [0.05, 0.1) is 0 Å². The van der Waals surface area contributed by atoms with Crippen LogP contribution in [-0.2, 0) is 14.4 Å². The molecule has 1 aliphatic rings. The first-order valence-corrected chi connectivity index (χ1v) is 5.21. The van der Waals surface area contributed by atoms with E-state index >= 15 is 0 Å². The van der Waals surface area contributed by atoms with Crippen LogP contribution in [0, 0.1) is 18.7 Å². The Morgan fingerprint density at radius 3 is 2.89 bits per heavy atom. The Kier molecular flexibility index (Phi) is 3.26. The third kappa shape index (κ3) is 2.18. The molecular weight excluding hydrogens is 243 g/mol. The van der Waals surface area contributed by atoms with E-state index in [2.05, 4.69) is 10.2 Å². The van der Waals surface area contributed by atoms with Crippen molar-refractivity contribution >= 4 is 17.6 Å². The van der Waals surface area contributed by atoms with Crippen molar-refractivity contribution in [1.82, 2.24) is 5.48 Å². The normalized spacial score (nSPS) is 22.7. The summed E-state index contributed by atoms with van der Waals surface area (Å²) in [6.07, 6.45) is -1.41. The van der Waals surface area contributed by atoms with E-state index in [1.165, 1.54) is 25.1 Å². The van der Waals surface area contributed by atoms with Gasteiger partial charge in [-0.15, -0.1) is 5.48 Å². The molecule has 0 saturated carbocycles. The predicted molar refractivity (Wildman–Crippen MR) is 58.5 cm³/mol. The number of rotatable bonds is 2. The molecule has 96 valence electrons. The molecule has 18 heavy (non-hydrogen) atoms. The van der Waals surface area contributed by atoms with Gasteiger partial charge in [0.2, 0.25) is 5.91 Å². The predicted octanol–water partition coefficient (Wildman–Crippen LogP) is 0.0686. The van der Waals surface area contributed by atoms with Crippen molar-refractivity contribution in [3.8, 4) is 0 Å². The first-order valence-electron chi connectivity index (χ1n) is 5.21. The summed E-state index contributed by atoms with van der Waals surface area (Å²) in [7, 11) is 0. The first-order chi connectivity index (χ1) is 8.50. The summed E-state index contributed by atoms with van der Waals surface area (Å²) in [5.74, 6) is -3.48. The van der Waals surface area contributed by atoms with Gasteiger partial charge in [0.25, 0.3) is 0 Å². The lowest BCUT2D eigenvalue weighted by molar-refractivity contribution is -0.147. The monoisotopic (exact) mass is 254 g/mol. The number of hydrogen-bond acceptors (Lipinski definition) is 5. The maximum absolute atomic E-state index is 13.3. The lowest BCUT2D eigenvalue weighted by Crippen LogP contribution is -2.36. The molecule has 1 aromatic carbocycles. The van der Waals surface area contributed by atoms with E-state index in [1.54, 1.807) is 0 Å². The molecule has 2 unspecified atom stereocenters. The van der Waals surface area contributed by atoms with Crippen LogP contribution in [0.4, 0.5) is 10.1 Å². The number of aliphatic hydroxyl groups is 1. The first kappa shape index (κ1) is 12.5. The highest BCUT2D eigenvalue weighted by molar-refractivity contribution is 6.06. The van der Waals surface area contributed by atoms with Crippen LogP contribution < -0.4 is 10.8 Å². The van der Waals surface area contributed by atoms with Gasteiger partial charge in [0.15, 0.2) is 12.1 Å². The van der Waals surface area contributed by atoms with Crippen molar-refractivity contribution in [1.29, 1.82) is 0 Å². The zero-order chi connectivity index (χ0) is 13.3. The van der Waals surface area contributed by atoms with E-state index in [4.69, 9.17) is 0 Å². The highest BCUT2D eigenvalue weighted by atomic mass is 19.1. The van der Waals surface area contributed by atoms with Crippen LogP contribution in [0.1, 0.15) is 5.56 Å². The molecule has 0 aliphatic carbocycles. The van der Waals surface area contributed by atoms with Crippen LogP contribution >= 0.6 is 0 Å². The molecule has 1 aliphatic heterocycles. The second kappa shape index (κ2) is 4.71. The molecule has 1 aromatic rings. The van der Waals surface area contributed by atoms with Crippen molar-refractivity contribution in [2.45, 2.75) is 13.2 Å². The minimum atomic E-state index is -1.41. The molecule has 0 spiro atoms. The maximum Gasteiger partial charge on any atom is 0.341 e. The zero-order valence-corrected chi connectivity index (χ0v) is 9.44. The summed E-state index contributed by atoms with van der Waals surface area (Å²) in [5, 5.41) is 11.7. The highest BCUT2D eigenvalue weighted by Crippen LogP contribution is 2.20. The summed E-state index contributed by atoms with van der Waals surface area (Å²) in [5.41, 5.74) is 2.48. The van der Waals surface area contributed by atoms with Crippen LogP contribution in [-0.4, -0.2) is 23.2 Å². The van der Waals surface area contributed by atoms with Crippen molar-refractivity contribution < 1.29 is 23.9 Å². The standard InChI is InChI=1S/C11H11FN2O4/c1-5-6(12)3-2-4-7(5)13-9(15)8-10(16)14-18-11(8)17/h2-4,8,10,14,16H,1H3,(H,13,15). The number of amides is 1. The van der Waals surface area contributed by atoms with Gasteiger partial charge in [-0.25, -0.2) is 9.18 Å². The van der Waals surface area contributed by atoms with Crippen molar-refractivity contribution in [2.24, 2.45) is 5.92 Å². The largest absolute Gasteiger partial charge is 0.374 e. The Hall–Kier alpha value is -1.99. The highest BCUT2D eigenvalue weighted by Gasteiger charge is 2.41. The number of hydrogen-bond donors (Lipinski definition) is 3. The molecule has 1 amide bonds. The van der Waals surface area contributed by atoms with Crippen LogP contribution in [0.5, 0.6) is 0 Å². The Bertz CT molecular complexity index is 506. The third-order valence-corrected chi connectivity index (χ3v) is 2.66. The number of carbonyl (C=O) groups is 2. The van der Waals surface area contributed by atoms with Crippen LogP contribution in [0.15, 0.2) is 18.2 Å². The quantitative estimate of drug-likeness (QED) is 0.650. The molecule has 0 aromatic heterocycles. The summed E-state index contributed by atoms with van der Waals surface area (Å²) in [4.78, 5) is 27.3. The van der Waals surface area contributed by atoms with Crippen molar-refractivity contribution in [3.63, 3.8) is 0 Å². The molecule has 1 fully saturated rings. The molecule has 2 atom stereocenters. The van der Waals surface area contributed by atoms with Crippen LogP contribution in [0.25, 0.3) is 0 Å². The van der Waals surface area contributed by atoms with E-state index in [9.17, 15) is 19.1 Å². The lowest BCUT2D eigenvalue weighted by Gasteiger charge is -2.12. The number of hydroxylamine groups is 1. The summed E-state index contributed by atoms with van der Waals surface area (Å²) < 4.78 is 13.3. The second-order valence-corrected chi connectivity index (χ2v) is 3.86. The van der Waals surface area contributed by atoms with E-state index in [0.29, 0.717) is 0 Å². The average Bonchev–Trinajstić information content (AvgIpc) is 2.65. The molecule has 3 N–H and O–H groups in total. The van der Waals surface area contributed by atoms with Crippen LogP contribution in [0.2, 0.25) is 0 Å². The Morgan fingerprint density at radius 1 is 1.56 bits per heavy atom. The Balaban J connectivity index is 2.16. The van der Waals surface area contributed by atoms with Gasteiger partial charge in [-0.2, -0.15) is 0 Å². The van der Waals surface area contributed by atoms with E-state index in [-0.39, 0.29) is 11.3 Å². The molecule has 6 nitrogen and oxygen atoms in total. The van der Waals surface area contributed by atoms with Gasteiger partial charge >= 0.3 is 5.97 Å². The maximum atomic E-state index is 13.3. The van der Waals surface area contributed by atoms with E-state index in [1.807, 2.05) is 5.48 Å². The second-order valence-electron chi connectivity index (χ2n) is 3.86. The van der Waals surface area contributed by atoms with Gasteiger partial charge in [-0.1, -0.05) is 6.07 Å². The molecule has 0 bridgehead atoms. The summed E-state index contributed by atoms with van der Waals surface area (Å²) >= 11 is 0. The smallest absolute Gasteiger partial charge is 0.341 e. The van der Waals surface area contributed by atoms with Gasteiger partial charge < -0.3 is 15.3 Å². The number of carbonyl (C=O) groups excluding carboxylic acids is 2. The number of anilines is 1. The Morgan fingerprint density at radius 2 is 2.28 bits per heavy atom. The molecule has 7 heteroatoms. The average molecular weight is 254 g/mol. The summed E-state index contributed by atoms with van der Waals surface area (Å²) in [6, 6.07) is 4.18. The fraction of sp³-hybridized carbons (Fsp3) is 0.273. The van der Waals surface area contributed by atoms with Crippen molar-refractivity contribution in [2.75, 3.05) is 5.32 Å². The number of aliphatic hydroxyl groups excluding tert-OH is 1. The number of benzene rings is 1. The number of nitrogens with one attached hydrogen (secondary N) is 2. The summed E-state index contributed by atoms with van der Waals surface area (Å²) in [6.45, 7) is 1.49. The Labute approximate surface area is 102 Å². The van der Waals surface area contributed by atoms with E-state index in [0.717, 1.165) is 0 Å². The van der Waals surface area contributed by atoms with Crippen molar-refractivity contribution in [3.05, 3.63) is 29.6 Å². The van der Waals surface area contributed by atoms with E-state index < -0.39 is 29.8 Å². The van der Waals surface area contributed by atoms with Crippen LogP contribution in [0.3, 0.4) is 0 Å². The lowest BCUT2D eigenvalue weighted by atomic mass is 10.1. The fourth-order valence-electron chi connectivity index (χ4n) is 1.58. The molecular formula is C11H11FN2O4. The molecule has 1 heterocycles. The topological polar surface area (TPSA) is 87.7 Å². The minimum Gasteiger partial charge on any atom is -0.374 e. The SMILES string of the molecule is Cc1c(F)cccc1NC(=O)C1C(=O)ONC1O. The molecule has 1 saturated heterocycles. The van der Waals surface area contributed by atoms with Gasteiger partial charge in [0.1, 0.15) is 5.82 Å². The fourth-order valence-corrected chi connectivity index (χ4v) is 1.58. The molecule has 2 rings (SSSR count). The van der Waals surface area contributed by atoms with Gasteiger partial charge in [-0.3, -0.25) is 4.79 Å². The third-order valence-electron chi connectivity index (χ3n) is 2.66. The number of halogens is 1. The zero-order valence-electron chi connectivity index (χ0n) is 9.44. The van der Waals surface area contributed by atoms with Gasteiger partial charge in [0, 0.05) is 11.3 Å². The molecule has 0 radical (unpaired) electrons.